The first-order valence-electron chi connectivity index (χ1n) is 9.82. The summed E-state index contributed by atoms with van der Waals surface area (Å²) in [5, 5.41) is 10.0. The summed E-state index contributed by atoms with van der Waals surface area (Å²) < 4.78 is 0. The molecule has 0 aliphatic carbocycles. The van der Waals surface area contributed by atoms with Crippen LogP contribution in [-0.2, 0) is 19.5 Å². The molecule has 6 heteroatoms. The molecule has 148 valence electrons. The highest BCUT2D eigenvalue weighted by Crippen LogP contribution is 2.11. The Bertz CT molecular complexity index is 683. The fourth-order valence-electron chi connectivity index (χ4n) is 2.73. The summed E-state index contributed by atoms with van der Waals surface area (Å²) in [4.78, 5) is 11.6. The van der Waals surface area contributed by atoms with Gasteiger partial charge in [-0.05, 0) is 39.3 Å². The molecular weight excluding hydrogens is 354 g/mol. The fourth-order valence-corrected chi connectivity index (χ4v) is 3.47. The van der Waals surface area contributed by atoms with Crippen molar-refractivity contribution >= 4 is 17.3 Å². The third-order valence-electron chi connectivity index (χ3n) is 4.53. The van der Waals surface area contributed by atoms with E-state index in [2.05, 4.69) is 89.0 Å². The van der Waals surface area contributed by atoms with Crippen LogP contribution in [0.1, 0.15) is 43.5 Å². The lowest BCUT2D eigenvalue weighted by molar-refractivity contribution is 0.238. The van der Waals surface area contributed by atoms with Crippen molar-refractivity contribution in [1.82, 2.24) is 20.5 Å². The number of rotatable bonds is 10. The van der Waals surface area contributed by atoms with Crippen molar-refractivity contribution in [1.29, 1.82) is 0 Å². The lowest BCUT2D eigenvalue weighted by Crippen LogP contribution is -2.40. The van der Waals surface area contributed by atoms with E-state index < -0.39 is 0 Å². The largest absolute Gasteiger partial charge is 0.357 e. The second-order valence-corrected chi connectivity index (χ2v) is 7.69. The first-order valence-corrected chi connectivity index (χ1v) is 10.7. The number of nitrogens with one attached hydrogen (secondary N) is 2. The van der Waals surface area contributed by atoms with Gasteiger partial charge in [0, 0.05) is 31.1 Å². The van der Waals surface area contributed by atoms with Gasteiger partial charge in [-0.1, -0.05) is 37.3 Å². The van der Waals surface area contributed by atoms with Gasteiger partial charge < -0.3 is 10.6 Å². The summed E-state index contributed by atoms with van der Waals surface area (Å²) in [5.74, 6) is 0.862. The predicted octanol–water partition coefficient (Wildman–Crippen LogP) is 3.67. The first-order chi connectivity index (χ1) is 13.1. The van der Waals surface area contributed by atoms with Crippen molar-refractivity contribution in [2.45, 2.75) is 52.7 Å². The summed E-state index contributed by atoms with van der Waals surface area (Å²) in [6, 6.07) is 11.1. The van der Waals surface area contributed by atoms with Gasteiger partial charge in [0.2, 0.25) is 0 Å². The van der Waals surface area contributed by atoms with E-state index in [9.17, 15) is 0 Å². The molecule has 1 heterocycles. The Morgan fingerprint density at radius 3 is 2.67 bits per heavy atom. The Kier molecular flexibility index (Phi) is 9.28. The molecule has 0 saturated carbocycles. The maximum Gasteiger partial charge on any atom is 0.191 e. The number of hydrogen-bond donors (Lipinski definition) is 2. The molecule has 2 N–H and O–H groups in total. The van der Waals surface area contributed by atoms with E-state index >= 15 is 0 Å². The summed E-state index contributed by atoms with van der Waals surface area (Å²) in [5.41, 5.74) is 2.40. The molecule has 0 aliphatic heterocycles. The molecule has 27 heavy (non-hydrogen) atoms. The van der Waals surface area contributed by atoms with Gasteiger partial charge in [0.25, 0.3) is 0 Å². The smallest absolute Gasteiger partial charge is 0.191 e. The number of aliphatic imine (C=N–C) groups is 1. The average Bonchev–Trinajstić information content (AvgIpc) is 3.15. The molecule has 5 nitrogen and oxygen atoms in total. The predicted molar refractivity (Wildman–Crippen MR) is 116 cm³/mol. The van der Waals surface area contributed by atoms with Crippen LogP contribution in [0.25, 0.3) is 0 Å². The first kappa shape index (κ1) is 21.4. The quantitative estimate of drug-likeness (QED) is 0.482. The molecule has 0 spiro atoms. The number of guanidine groups is 1. The second-order valence-electron chi connectivity index (χ2n) is 6.75. The minimum Gasteiger partial charge on any atom is -0.357 e. The maximum absolute atomic E-state index is 4.67. The number of aromatic nitrogens is 1. The lowest BCUT2D eigenvalue weighted by Gasteiger charge is -2.25. The summed E-state index contributed by atoms with van der Waals surface area (Å²) >= 11 is 1.71. The number of benzene rings is 1. The van der Waals surface area contributed by atoms with E-state index in [1.165, 1.54) is 10.6 Å². The van der Waals surface area contributed by atoms with Crippen LogP contribution in [0.15, 0.2) is 40.7 Å². The second kappa shape index (κ2) is 11.7. The van der Waals surface area contributed by atoms with Gasteiger partial charge >= 0.3 is 0 Å². The number of aryl methyl sites for hydroxylation is 1. The molecular formula is C21H33N5S. The molecule has 0 amide bonds. The van der Waals surface area contributed by atoms with E-state index in [1.807, 2.05) is 0 Å². The van der Waals surface area contributed by atoms with Crippen LogP contribution in [0.3, 0.4) is 0 Å². The molecule has 0 bridgehead atoms. The van der Waals surface area contributed by atoms with E-state index in [-0.39, 0.29) is 0 Å². The minimum absolute atomic E-state index is 0.492. The highest BCUT2D eigenvalue weighted by atomic mass is 32.1. The van der Waals surface area contributed by atoms with Gasteiger partial charge in [-0.3, -0.25) is 4.90 Å². The summed E-state index contributed by atoms with van der Waals surface area (Å²) in [6.45, 7) is 9.83. The Labute approximate surface area is 167 Å². The Hall–Kier alpha value is -1.92. The van der Waals surface area contributed by atoms with Crippen molar-refractivity contribution in [3.05, 3.63) is 52.0 Å². The number of nitrogens with zero attached hydrogens (tertiary/aromatic N) is 3. The highest BCUT2D eigenvalue weighted by molar-refractivity contribution is 7.09. The zero-order chi connectivity index (χ0) is 19.5. The SMILES string of the molecule is CCNC(=NCc1csc(CC)n1)NCCC(C)N(C)Cc1ccccc1. The third-order valence-corrected chi connectivity index (χ3v) is 5.57. The van der Waals surface area contributed by atoms with Crippen molar-refractivity contribution in [3.63, 3.8) is 0 Å². The van der Waals surface area contributed by atoms with Gasteiger partial charge in [-0.25, -0.2) is 9.98 Å². The van der Waals surface area contributed by atoms with E-state index in [0.29, 0.717) is 12.6 Å². The normalized spacial score (nSPS) is 13.0. The molecule has 0 aliphatic rings. The Morgan fingerprint density at radius 1 is 1.22 bits per heavy atom. The van der Waals surface area contributed by atoms with Crippen LogP contribution in [0, 0.1) is 0 Å². The van der Waals surface area contributed by atoms with Crippen LogP contribution in [0.5, 0.6) is 0 Å². The zero-order valence-corrected chi connectivity index (χ0v) is 17.9. The summed E-state index contributed by atoms with van der Waals surface area (Å²) in [7, 11) is 2.19. The minimum atomic E-state index is 0.492. The van der Waals surface area contributed by atoms with E-state index in [4.69, 9.17) is 0 Å². The topological polar surface area (TPSA) is 52.6 Å². The van der Waals surface area contributed by atoms with Gasteiger partial charge in [0.05, 0.1) is 17.2 Å². The van der Waals surface area contributed by atoms with Crippen LogP contribution in [0.2, 0.25) is 0 Å². The van der Waals surface area contributed by atoms with Crippen molar-refractivity contribution in [2.75, 3.05) is 20.1 Å². The molecule has 0 saturated heterocycles. The van der Waals surface area contributed by atoms with Crippen LogP contribution >= 0.6 is 11.3 Å². The fraction of sp³-hybridized carbons (Fsp3) is 0.524. The third kappa shape index (κ3) is 7.69. The molecule has 1 aromatic heterocycles. The Morgan fingerprint density at radius 2 is 2.00 bits per heavy atom. The Balaban J connectivity index is 1.77. The zero-order valence-electron chi connectivity index (χ0n) is 17.0. The molecule has 2 aromatic rings. The number of hydrogen-bond acceptors (Lipinski definition) is 4. The number of thiazole rings is 1. The van der Waals surface area contributed by atoms with Gasteiger partial charge in [0.1, 0.15) is 0 Å². The summed E-state index contributed by atoms with van der Waals surface area (Å²) in [6.07, 6.45) is 2.05. The van der Waals surface area contributed by atoms with Crippen molar-refractivity contribution < 1.29 is 0 Å². The van der Waals surface area contributed by atoms with Gasteiger partial charge in [-0.15, -0.1) is 11.3 Å². The monoisotopic (exact) mass is 387 g/mol. The molecule has 0 radical (unpaired) electrons. The van der Waals surface area contributed by atoms with Gasteiger partial charge in [-0.2, -0.15) is 0 Å². The van der Waals surface area contributed by atoms with E-state index in [0.717, 1.165) is 44.1 Å². The van der Waals surface area contributed by atoms with Crippen molar-refractivity contribution in [2.24, 2.45) is 4.99 Å². The van der Waals surface area contributed by atoms with Crippen LogP contribution in [0.4, 0.5) is 0 Å². The maximum atomic E-state index is 4.67. The average molecular weight is 388 g/mol. The standard InChI is InChI=1S/C21H33N5S/c1-5-20-25-19(16-27-20)14-24-21(22-6-2)23-13-12-17(3)26(4)15-18-10-8-7-9-11-18/h7-11,16-17H,5-6,12-15H2,1-4H3,(H2,22,23,24). The van der Waals surface area contributed by atoms with Crippen LogP contribution in [-0.4, -0.2) is 42.0 Å². The van der Waals surface area contributed by atoms with Crippen molar-refractivity contribution in [3.8, 4) is 0 Å². The van der Waals surface area contributed by atoms with Crippen LogP contribution < -0.4 is 10.6 Å². The van der Waals surface area contributed by atoms with Gasteiger partial charge in [0.15, 0.2) is 5.96 Å². The molecule has 1 aromatic carbocycles. The highest BCUT2D eigenvalue weighted by Gasteiger charge is 2.10. The molecule has 2 rings (SSSR count). The molecule has 1 atom stereocenters. The van der Waals surface area contributed by atoms with E-state index in [1.54, 1.807) is 11.3 Å². The lowest BCUT2D eigenvalue weighted by atomic mass is 10.1. The molecule has 1 unspecified atom stereocenters. The molecule has 0 fully saturated rings.